The summed E-state index contributed by atoms with van der Waals surface area (Å²) in [4.78, 5) is 3.66. The molecule has 102 valence electrons. The van der Waals surface area contributed by atoms with E-state index in [-0.39, 0.29) is 18.0 Å². The van der Waals surface area contributed by atoms with Gasteiger partial charge in [-0.1, -0.05) is 13.8 Å². The highest BCUT2D eigenvalue weighted by molar-refractivity contribution is 5.28. The third-order valence-electron chi connectivity index (χ3n) is 3.01. The summed E-state index contributed by atoms with van der Waals surface area (Å²) in [6.45, 7) is 3.74. The number of aliphatic hydroxyl groups excluding tert-OH is 1. The highest BCUT2D eigenvalue weighted by Gasteiger charge is 2.37. The number of rotatable bonds is 4. The Balaban J connectivity index is 3.17. The molecule has 0 radical (unpaired) electrons. The molecule has 0 amide bonds. The number of nitrogens with two attached hydrogens (primary N) is 1. The van der Waals surface area contributed by atoms with E-state index < -0.39 is 23.8 Å². The number of alkyl halides is 3. The van der Waals surface area contributed by atoms with E-state index >= 15 is 0 Å². The van der Waals surface area contributed by atoms with Gasteiger partial charge in [0.05, 0.1) is 11.7 Å². The van der Waals surface area contributed by atoms with Crippen LogP contribution in [0.15, 0.2) is 18.5 Å². The van der Waals surface area contributed by atoms with E-state index in [2.05, 4.69) is 4.98 Å². The van der Waals surface area contributed by atoms with Crippen molar-refractivity contribution in [1.29, 1.82) is 0 Å². The van der Waals surface area contributed by atoms with Crippen molar-refractivity contribution in [3.05, 3.63) is 29.6 Å². The minimum Gasteiger partial charge on any atom is -0.388 e. The molecule has 6 heteroatoms. The summed E-state index contributed by atoms with van der Waals surface area (Å²) >= 11 is 0. The Labute approximate surface area is 104 Å². The van der Waals surface area contributed by atoms with Crippen LogP contribution < -0.4 is 5.73 Å². The van der Waals surface area contributed by atoms with Crippen LogP contribution in [0.25, 0.3) is 0 Å². The lowest BCUT2D eigenvalue weighted by Crippen LogP contribution is -2.28. The number of nitrogens with zero attached hydrogens (tertiary/aromatic N) is 1. The molecule has 1 aromatic rings. The maximum Gasteiger partial charge on any atom is 0.416 e. The van der Waals surface area contributed by atoms with Gasteiger partial charge in [-0.2, -0.15) is 13.2 Å². The molecule has 1 rings (SSSR count). The normalized spacial score (nSPS) is 15.8. The molecule has 0 spiro atoms. The van der Waals surface area contributed by atoms with Crippen LogP contribution >= 0.6 is 0 Å². The van der Waals surface area contributed by atoms with Gasteiger partial charge in [0.25, 0.3) is 0 Å². The number of aromatic nitrogens is 1. The van der Waals surface area contributed by atoms with Crippen LogP contribution in [0.2, 0.25) is 0 Å². The zero-order valence-corrected chi connectivity index (χ0v) is 10.3. The summed E-state index contributed by atoms with van der Waals surface area (Å²) in [7, 11) is 0. The van der Waals surface area contributed by atoms with Crippen LogP contribution in [0.4, 0.5) is 13.2 Å². The largest absolute Gasteiger partial charge is 0.416 e. The number of hydrogen-bond donors (Lipinski definition) is 2. The van der Waals surface area contributed by atoms with Gasteiger partial charge in [-0.15, -0.1) is 0 Å². The summed E-state index contributed by atoms with van der Waals surface area (Å²) in [5.74, 6) is -0.457. The fraction of sp³-hybridized carbons (Fsp3) is 0.583. The number of pyridine rings is 1. The molecular weight excluding hydrogens is 245 g/mol. The molecule has 0 aromatic carbocycles. The van der Waals surface area contributed by atoms with Crippen molar-refractivity contribution in [2.24, 2.45) is 17.6 Å². The third-order valence-corrected chi connectivity index (χ3v) is 3.01. The molecule has 0 saturated carbocycles. The van der Waals surface area contributed by atoms with Gasteiger partial charge in [-0.05, 0) is 18.5 Å². The van der Waals surface area contributed by atoms with Crippen molar-refractivity contribution in [2.75, 3.05) is 6.54 Å². The molecule has 3 N–H and O–H groups in total. The van der Waals surface area contributed by atoms with Crippen molar-refractivity contribution in [3.8, 4) is 0 Å². The fourth-order valence-corrected chi connectivity index (χ4v) is 1.90. The molecule has 3 nitrogen and oxygen atoms in total. The second-order valence-electron chi connectivity index (χ2n) is 4.55. The summed E-state index contributed by atoms with van der Waals surface area (Å²) in [5.41, 5.74) is 4.44. The number of aliphatic hydroxyl groups is 1. The second-order valence-corrected chi connectivity index (χ2v) is 4.55. The average Bonchev–Trinajstić information content (AvgIpc) is 2.28. The Morgan fingerprint density at radius 1 is 1.39 bits per heavy atom. The van der Waals surface area contributed by atoms with E-state index in [9.17, 15) is 18.3 Å². The molecule has 1 aromatic heterocycles. The zero-order valence-electron chi connectivity index (χ0n) is 10.3. The molecule has 2 atom stereocenters. The Morgan fingerprint density at radius 3 is 2.44 bits per heavy atom. The van der Waals surface area contributed by atoms with E-state index in [0.29, 0.717) is 0 Å². The van der Waals surface area contributed by atoms with Gasteiger partial charge < -0.3 is 10.8 Å². The minimum absolute atomic E-state index is 0.0220. The lowest BCUT2D eigenvalue weighted by Gasteiger charge is -2.26. The highest BCUT2D eigenvalue weighted by Crippen LogP contribution is 2.37. The van der Waals surface area contributed by atoms with E-state index in [4.69, 9.17) is 5.73 Å². The zero-order chi connectivity index (χ0) is 13.9. The first-order valence-corrected chi connectivity index (χ1v) is 5.68. The lowest BCUT2D eigenvalue weighted by molar-refractivity contribution is -0.139. The molecule has 0 aliphatic rings. The van der Waals surface area contributed by atoms with Crippen LogP contribution in [0.3, 0.4) is 0 Å². The van der Waals surface area contributed by atoms with Gasteiger partial charge in [0, 0.05) is 23.9 Å². The third kappa shape index (κ3) is 3.20. The predicted octanol–water partition coefficient (Wildman–Crippen LogP) is 2.36. The van der Waals surface area contributed by atoms with Crippen molar-refractivity contribution in [1.82, 2.24) is 4.98 Å². The molecule has 1 heterocycles. The SMILES string of the molecule is CC(C)C(CN)C(O)c1cnccc1C(F)(F)F. The van der Waals surface area contributed by atoms with Gasteiger partial charge in [-0.3, -0.25) is 4.98 Å². The quantitative estimate of drug-likeness (QED) is 0.875. The van der Waals surface area contributed by atoms with Gasteiger partial charge in [-0.25, -0.2) is 0 Å². The first-order valence-electron chi connectivity index (χ1n) is 5.68. The highest BCUT2D eigenvalue weighted by atomic mass is 19.4. The monoisotopic (exact) mass is 262 g/mol. The first kappa shape index (κ1) is 14.9. The second kappa shape index (κ2) is 5.67. The number of halogens is 3. The standard InChI is InChI=1S/C12H17F3N2O/c1-7(2)8(5-16)11(18)9-6-17-4-3-10(9)12(13,14)15/h3-4,6-8,11,18H,5,16H2,1-2H3. The van der Waals surface area contributed by atoms with Gasteiger partial charge >= 0.3 is 6.18 Å². The minimum atomic E-state index is -4.50. The van der Waals surface area contributed by atoms with E-state index in [1.54, 1.807) is 0 Å². The number of hydrogen-bond acceptors (Lipinski definition) is 3. The van der Waals surface area contributed by atoms with Crippen LogP contribution in [0, 0.1) is 11.8 Å². The molecular formula is C12H17F3N2O. The van der Waals surface area contributed by atoms with Crippen LogP contribution in [0.5, 0.6) is 0 Å². The van der Waals surface area contributed by atoms with Crippen molar-refractivity contribution in [3.63, 3.8) is 0 Å². The van der Waals surface area contributed by atoms with Crippen molar-refractivity contribution >= 4 is 0 Å². The summed E-state index contributed by atoms with van der Waals surface area (Å²) in [6, 6.07) is 0.868. The lowest BCUT2D eigenvalue weighted by atomic mass is 9.85. The van der Waals surface area contributed by atoms with Gasteiger partial charge in [0.2, 0.25) is 0 Å². The Morgan fingerprint density at radius 2 is 2.00 bits per heavy atom. The Hall–Kier alpha value is -1.14. The maximum absolute atomic E-state index is 12.8. The van der Waals surface area contributed by atoms with E-state index in [1.165, 1.54) is 0 Å². The smallest absolute Gasteiger partial charge is 0.388 e. The van der Waals surface area contributed by atoms with Crippen LogP contribution in [0.1, 0.15) is 31.1 Å². The van der Waals surface area contributed by atoms with E-state index in [0.717, 1.165) is 18.5 Å². The molecule has 0 aliphatic heterocycles. The first-order chi connectivity index (χ1) is 8.29. The molecule has 2 unspecified atom stereocenters. The molecule has 18 heavy (non-hydrogen) atoms. The summed E-state index contributed by atoms with van der Waals surface area (Å²) in [6.07, 6.45) is -3.65. The average molecular weight is 262 g/mol. The Kier molecular flexibility index (Phi) is 4.70. The molecule has 0 saturated heterocycles. The van der Waals surface area contributed by atoms with Crippen molar-refractivity contribution in [2.45, 2.75) is 26.1 Å². The molecule has 0 fully saturated rings. The molecule has 0 aliphatic carbocycles. The summed E-state index contributed by atoms with van der Waals surface area (Å²) in [5, 5.41) is 10.1. The fourth-order valence-electron chi connectivity index (χ4n) is 1.90. The van der Waals surface area contributed by atoms with E-state index in [1.807, 2.05) is 13.8 Å². The predicted molar refractivity (Wildman–Crippen MR) is 61.6 cm³/mol. The Bertz CT molecular complexity index is 393. The maximum atomic E-state index is 12.8. The topological polar surface area (TPSA) is 59.1 Å². The van der Waals surface area contributed by atoms with Gasteiger partial charge in [0.1, 0.15) is 0 Å². The van der Waals surface area contributed by atoms with Gasteiger partial charge in [0.15, 0.2) is 0 Å². The summed E-state index contributed by atoms with van der Waals surface area (Å²) < 4.78 is 38.4. The van der Waals surface area contributed by atoms with Crippen LogP contribution in [-0.4, -0.2) is 16.6 Å². The van der Waals surface area contributed by atoms with Crippen molar-refractivity contribution < 1.29 is 18.3 Å². The molecule has 0 bridgehead atoms. The van der Waals surface area contributed by atoms with Crippen LogP contribution in [-0.2, 0) is 6.18 Å².